The minimum Gasteiger partial charge on any atom is -0.457 e. The van der Waals surface area contributed by atoms with Crippen molar-refractivity contribution in [3.05, 3.63) is 60.9 Å². The fourth-order valence-electron chi connectivity index (χ4n) is 6.22. The fourth-order valence-corrected chi connectivity index (χ4v) is 6.22. The van der Waals surface area contributed by atoms with Gasteiger partial charge in [0.25, 0.3) is 0 Å². The van der Waals surface area contributed by atoms with Gasteiger partial charge in [0.1, 0.15) is 34.9 Å². The van der Waals surface area contributed by atoms with Crippen LogP contribution in [0, 0.1) is 0 Å². The zero-order valence-corrected chi connectivity index (χ0v) is 25.5. The van der Waals surface area contributed by atoms with Gasteiger partial charge in [0.05, 0.1) is 11.4 Å². The SMILES string of the molecule is CC(C)(C)OC(=O)N1CCC(C)(N2CCC(n3nc(-c4ccc(Oc5ccccc5)cc4)c4c(N)ncnc43)CC2)CC1. The van der Waals surface area contributed by atoms with Crippen LogP contribution < -0.4 is 10.5 Å². The molecule has 4 aromatic rings. The number of carbonyl (C=O) groups is 1. The predicted molar refractivity (Wildman–Crippen MR) is 167 cm³/mol. The van der Waals surface area contributed by atoms with Crippen LogP contribution in [0.1, 0.15) is 59.4 Å². The minimum atomic E-state index is -0.480. The van der Waals surface area contributed by atoms with Gasteiger partial charge in [-0.05, 0) is 89.8 Å². The van der Waals surface area contributed by atoms with Crippen LogP contribution in [-0.2, 0) is 4.74 Å². The van der Waals surface area contributed by atoms with Crippen molar-refractivity contribution in [1.29, 1.82) is 0 Å². The summed E-state index contributed by atoms with van der Waals surface area (Å²) in [5.41, 5.74) is 8.46. The maximum atomic E-state index is 12.6. The molecule has 0 atom stereocenters. The Labute approximate surface area is 252 Å². The van der Waals surface area contributed by atoms with E-state index in [1.807, 2.05) is 80.3 Å². The fraction of sp³-hybridized carbons (Fsp3) is 0.455. The lowest BCUT2D eigenvalue weighted by atomic mass is 9.85. The van der Waals surface area contributed by atoms with Gasteiger partial charge in [-0.1, -0.05) is 18.2 Å². The number of ether oxygens (including phenoxy) is 2. The first-order chi connectivity index (χ1) is 20.6. The standard InChI is InChI=1S/C33H41N7O3/c1-32(2,3)43-31(41)38-20-16-33(4,17-21-38)39-18-14-24(15-19-39)40-30-27(29(34)35-22-36-30)28(37-40)23-10-12-26(13-11-23)42-25-8-6-5-7-9-25/h5-13,22,24H,14-21H2,1-4H3,(H2,34,35,36). The van der Waals surface area contributed by atoms with Crippen LogP contribution in [0.4, 0.5) is 10.6 Å². The van der Waals surface area contributed by atoms with Crippen molar-refractivity contribution in [1.82, 2.24) is 29.5 Å². The van der Waals surface area contributed by atoms with E-state index < -0.39 is 5.60 Å². The van der Waals surface area contributed by atoms with Gasteiger partial charge < -0.3 is 20.1 Å². The molecule has 10 heteroatoms. The number of hydrogen-bond donors (Lipinski definition) is 1. The molecule has 0 aliphatic carbocycles. The van der Waals surface area contributed by atoms with Gasteiger partial charge in [-0.3, -0.25) is 4.90 Å². The lowest BCUT2D eigenvalue weighted by molar-refractivity contribution is -0.0102. The molecule has 0 unspecified atom stereocenters. The van der Waals surface area contributed by atoms with Crippen LogP contribution in [0.2, 0.25) is 0 Å². The van der Waals surface area contributed by atoms with Gasteiger partial charge in [-0.2, -0.15) is 5.10 Å². The Morgan fingerprint density at radius 1 is 0.930 bits per heavy atom. The van der Waals surface area contributed by atoms with Gasteiger partial charge in [-0.15, -0.1) is 0 Å². The highest BCUT2D eigenvalue weighted by Gasteiger charge is 2.40. The van der Waals surface area contributed by atoms with Crippen molar-refractivity contribution in [3.8, 4) is 22.8 Å². The largest absolute Gasteiger partial charge is 0.457 e. The zero-order valence-electron chi connectivity index (χ0n) is 25.5. The number of rotatable bonds is 5. The van der Waals surface area contributed by atoms with Gasteiger partial charge in [0, 0.05) is 37.3 Å². The Morgan fingerprint density at radius 3 is 2.23 bits per heavy atom. The van der Waals surface area contributed by atoms with Crippen LogP contribution >= 0.6 is 0 Å². The third kappa shape index (κ3) is 6.15. The van der Waals surface area contributed by atoms with E-state index in [-0.39, 0.29) is 17.7 Å². The molecular formula is C33H41N7O3. The van der Waals surface area contributed by atoms with Crippen LogP contribution in [-0.4, -0.2) is 73.0 Å². The van der Waals surface area contributed by atoms with Gasteiger partial charge in [0.2, 0.25) is 0 Å². The molecule has 2 N–H and O–H groups in total. The Balaban J connectivity index is 1.15. The molecule has 226 valence electrons. The van der Waals surface area contributed by atoms with E-state index in [2.05, 4.69) is 26.5 Å². The highest BCUT2D eigenvalue weighted by Crippen LogP contribution is 2.38. The minimum absolute atomic E-state index is 0.0526. The number of hydrogen-bond acceptors (Lipinski definition) is 8. The summed E-state index contributed by atoms with van der Waals surface area (Å²) in [4.78, 5) is 25.9. The molecule has 2 aliphatic rings. The number of fused-ring (bicyclic) bond motifs is 1. The summed E-state index contributed by atoms with van der Waals surface area (Å²) < 4.78 is 13.6. The first-order valence-electron chi connectivity index (χ1n) is 15.1. The molecule has 4 heterocycles. The van der Waals surface area contributed by atoms with Crippen LogP contribution in [0.5, 0.6) is 11.5 Å². The summed E-state index contributed by atoms with van der Waals surface area (Å²) in [6.07, 6.45) is 5.07. The summed E-state index contributed by atoms with van der Waals surface area (Å²) in [5.74, 6) is 1.97. The third-order valence-electron chi connectivity index (χ3n) is 8.69. The summed E-state index contributed by atoms with van der Waals surface area (Å²) in [6, 6.07) is 17.8. The van der Waals surface area contributed by atoms with Crippen LogP contribution in [0.3, 0.4) is 0 Å². The Morgan fingerprint density at radius 2 is 1.58 bits per heavy atom. The molecule has 2 saturated heterocycles. The second-order valence-electron chi connectivity index (χ2n) is 12.9. The summed E-state index contributed by atoms with van der Waals surface area (Å²) in [6.45, 7) is 11.4. The number of para-hydroxylation sites is 1. The van der Waals surface area contributed by atoms with E-state index in [0.717, 1.165) is 72.6 Å². The smallest absolute Gasteiger partial charge is 0.410 e. The molecule has 1 amide bonds. The van der Waals surface area contributed by atoms with Crippen molar-refractivity contribution >= 4 is 22.9 Å². The van der Waals surface area contributed by atoms with Crippen LogP contribution in [0.15, 0.2) is 60.9 Å². The maximum Gasteiger partial charge on any atom is 0.410 e. The normalized spacial score (nSPS) is 18.1. The van der Waals surface area contributed by atoms with Gasteiger partial charge in [-0.25, -0.2) is 19.4 Å². The highest BCUT2D eigenvalue weighted by atomic mass is 16.6. The molecule has 0 radical (unpaired) electrons. The molecule has 6 rings (SSSR count). The Kier molecular flexibility index (Phi) is 7.72. The molecule has 2 fully saturated rings. The van der Waals surface area contributed by atoms with Gasteiger partial charge in [0.15, 0.2) is 5.65 Å². The van der Waals surface area contributed by atoms with Gasteiger partial charge >= 0.3 is 6.09 Å². The molecule has 0 spiro atoms. The number of amides is 1. The monoisotopic (exact) mass is 583 g/mol. The molecule has 2 aromatic heterocycles. The van der Waals surface area contributed by atoms with Crippen molar-refractivity contribution in [3.63, 3.8) is 0 Å². The molecule has 10 nitrogen and oxygen atoms in total. The zero-order chi connectivity index (χ0) is 30.2. The molecule has 2 aliphatic heterocycles. The topological polar surface area (TPSA) is 112 Å². The summed E-state index contributed by atoms with van der Waals surface area (Å²) in [5, 5.41) is 5.87. The molecular weight excluding hydrogens is 542 g/mol. The van der Waals surface area contributed by atoms with E-state index >= 15 is 0 Å². The summed E-state index contributed by atoms with van der Waals surface area (Å²) in [7, 11) is 0. The number of nitrogen functional groups attached to an aromatic ring is 1. The van der Waals surface area contributed by atoms with E-state index in [1.165, 1.54) is 6.33 Å². The Hall–Kier alpha value is -4.18. The number of benzene rings is 2. The van der Waals surface area contributed by atoms with E-state index in [4.69, 9.17) is 20.3 Å². The number of nitrogens with zero attached hydrogens (tertiary/aromatic N) is 6. The third-order valence-corrected chi connectivity index (χ3v) is 8.69. The van der Waals surface area contributed by atoms with E-state index in [1.54, 1.807) is 0 Å². The van der Waals surface area contributed by atoms with Crippen molar-refractivity contribution in [2.24, 2.45) is 0 Å². The number of aromatic nitrogens is 4. The number of nitrogens with two attached hydrogens (primary N) is 1. The first kappa shape index (κ1) is 28.9. The number of likely N-dealkylation sites (tertiary alicyclic amines) is 2. The summed E-state index contributed by atoms with van der Waals surface area (Å²) >= 11 is 0. The second-order valence-corrected chi connectivity index (χ2v) is 12.9. The van der Waals surface area contributed by atoms with Crippen molar-refractivity contribution in [2.45, 2.75) is 70.6 Å². The van der Waals surface area contributed by atoms with Crippen molar-refractivity contribution < 1.29 is 14.3 Å². The first-order valence-corrected chi connectivity index (χ1v) is 15.1. The number of anilines is 1. The number of carbonyl (C=O) groups excluding carboxylic acids is 1. The van der Waals surface area contributed by atoms with E-state index in [0.29, 0.717) is 18.9 Å². The average Bonchev–Trinajstić information content (AvgIpc) is 3.39. The predicted octanol–water partition coefficient (Wildman–Crippen LogP) is 6.29. The molecule has 0 saturated carbocycles. The number of piperidine rings is 2. The Bertz CT molecular complexity index is 1560. The lowest BCUT2D eigenvalue weighted by Gasteiger charge is -2.49. The molecule has 0 bridgehead atoms. The maximum absolute atomic E-state index is 12.6. The van der Waals surface area contributed by atoms with E-state index in [9.17, 15) is 4.79 Å². The van der Waals surface area contributed by atoms with Crippen LogP contribution in [0.25, 0.3) is 22.3 Å². The van der Waals surface area contributed by atoms with Crippen molar-refractivity contribution in [2.75, 3.05) is 31.9 Å². The highest BCUT2D eigenvalue weighted by molar-refractivity contribution is 5.98. The molecule has 2 aromatic carbocycles. The lowest BCUT2D eigenvalue weighted by Crippen LogP contribution is -2.56. The average molecular weight is 584 g/mol. The second kappa shape index (κ2) is 11.5. The molecule has 43 heavy (non-hydrogen) atoms. The quantitative estimate of drug-likeness (QED) is 0.292.